The lowest BCUT2D eigenvalue weighted by atomic mass is 9.82. The molecular weight excluding hydrogens is 651 g/mol. The number of nitrogens with zero attached hydrogens (tertiary/aromatic N) is 1. The van der Waals surface area contributed by atoms with E-state index in [-0.39, 0.29) is 0 Å². The van der Waals surface area contributed by atoms with Gasteiger partial charge >= 0.3 is 0 Å². The van der Waals surface area contributed by atoms with Crippen LogP contribution in [0.25, 0.3) is 110 Å². The first kappa shape index (κ1) is 30.5. The molecule has 0 spiro atoms. The van der Waals surface area contributed by atoms with Crippen LogP contribution in [0.3, 0.4) is 0 Å². The maximum atomic E-state index is 5.67. The molecule has 0 amide bonds. The molecule has 54 heavy (non-hydrogen) atoms. The smallest absolute Gasteiger partial charge is 0.0794 e. The number of pyridine rings is 1. The van der Waals surface area contributed by atoms with Crippen LogP contribution >= 0.6 is 0 Å². The molecule has 1 heteroatoms. The van der Waals surface area contributed by atoms with E-state index in [9.17, 15) is 0 Å². The molecule has 1 nitrogen and oxygen atoms in total. The van der Waals surface area contributed by atoms with E-state index in [0.29, 0.717) is 0 Å². The van der Waals surface area contributed by atoms with E-state index >= 15 is 0 Å². The van der Waals surface area contributed by atoms with Gasteiger partial charge in [-0.2, -0.15) is 0 Å². The molecule has 0 atom stereocenters. The molecule has 0 radical (unpaired) electrons. The van der Waals surface area contributed by atoms with Crippen molar-refractivity contribution < 1.29 is 0 Å². The minimum Gasteiger partial charge on any atom is -0.246 e. The number of hydrogen-bond donors (Lipinski definition) is 0. The number of benzene rings is 9. The van der Waals surface area contributed by atoms with E-state index in [4.69, 9.17) is 4.98 Å². The molecule has 0 unspecified atom stereocenters. The Hall–Kier alpha value is -7.09. The van der Waals surface area contributed by atoms with Crippen molar-refractivity contribution >= 4 is 32.3 Å². The summed E-state index contributed by atoms with van der Waals surface area (Å²) in [6.07, 6.45) is 0. The third-order valence-corrected chi connectivity index (χ3v) is 11.2. The van der Waals surface area contributed by atoms with Crippen LogP contribution in [-0.4, -0.2) is 4.98 Å². The lowest BCUT2D eigenvalue weighted by Crippen LogP contribution is -1.97. The minimum absolute atomic E-state index is 0.992. The van der Waals surface area contributed by atoms with Gasteiger partial charge in [0.2, 0.25) is 0 Å². The predicted molar refractivity (Wildman–Crippen MR) is 228 cm³/mol. The van der Waals surface area contributed by atoms with Crippen molar-refractivity contribution in [1.82, 2.24) is 4.98 Å². The van der Waals surface area contributed by atoms with E-state index in [1.54, 1.807) is 0 Å². The van der Waals surface area contributed by atoms with Gasteiger partial charge in [-0.1, -0.05) is 200 Å². The predicted octanol–water partition coefficient (Wildman–Crippen LogP) is 14.5. The average molecular weight is 684 g/mol. The second-order valence-electron chi connectivity index (χ2n) is 14.1. The van der Waals surface area contributed by atoms with E-state index in [1.807, 2.05) is 0 Å². The summed E-state index contributed by atoms with van der Waals surface area (Å²) in [7, 11) is 0. The van der Waals surface area contributed by atoms with Gasteiger partial charge in [0.15, 0.2) is 0 Å². The zero-order valence-corrected chi connectivity index (χ0v) is 29.5. The molecule has 9 aromatic carbocycles. The molecule has 0 aliphatic heterocycles. The van der Waals surface area contributed by atoms with Gasteiger partial charge in [0.1, 0.15) is 0 Å². The van der Waals surface area contributed by atoms with Crippen LogP contribution < -0.4 is 0 Å². The molecule has 250 valence electrons. The first-order valence-electron chi connectivity index (χ1n) is 18.6. The van der Waals surface area contributed by atoms with Gasteiger partial charge in [-0.05, 0) is 77.0 Å². The summed E-state index contributed by atoms with van der Waals surface area (Å²) in [4.78, 5) is 5.67. The zero-order valence-electron chi connectivity index (χ0n) is 29.5. The highest BCUT2D eigenvalue weighted by molar-refractivity contribution is 6.29. The number of fused-ring (bicyclic) bond motifs is 5. The van der Waals surface area contributed by atoms with Crippen molar-refractivity contribution in [3.63, 3.8) is 0 Å². The van der Waals surface area contributed by atoms with Crippen LogP contribution in [0.1, 0.15) is 0 Å². The largest absolute Gasteiger partial charge is 0.246 e. The summed E-state index contributed by atoms with van der Waals surface area (Å²) in [5.74, 6) is 0. The normalized spacial score (nSPS) is 11.7. The van der Waals surface area contributed by atoms with Gasteiger partial charge in [0, 0.05) is 22.1 Å². The fraction of sp³-hybridized carbons (Fsp3) is 0. The van der Waals surface area contributed by atoms with Crippen LogP contribution in [0, 0.1) is 0 Å². The maximum absolute atomic E-state index is 5.67. The first-order valence-corrected chi connectivity index (χ1v) is 18.6. The summed E-state index contributed by atoms with van der Waals surface area (Å²) in [5, 5.41) is 7.38. The summed E-state index contributed by atoms with van der Waals surface area (Å²) >= 11 is 0. The summed E-state index contributed by atoms with van der Waals surface area (Å²) in [6, 6.07) is 72.5. The molecule has 0 saturated heterocycles. The van der Waals surface area contributed by atoms with E-state index in [2.05, 4.69) is 200 Å². The molecule has 0 fully saturated rings. The fourth-order valence-corrected chi connectivity index (χ4v) is 8.99. The molecule has 0 saturated carbocycles. The highest BCUT2D eigenvalue weighted by atomic mass is 14.7. The average Bonchev–Trinajstić information content (AvgIpc) is 3.58. The van der Waals surface area contributed by atoms with Gasteiger partial charge in [0.25, 0.3) is 0 Å². The fourth-order valence-electron chi connectivity index (χ4n) is 8.99. The highest BCUT2D eigenvalue weighted by Crippen LogP contribution is 2.58. The molecule has 1 aliphatic carbocycles. The third-order valence-electron chi connectivity index (χ3n) is 11.2. The van der Waals surface area contributed by atoms with Gasteiger partial charge in [-0.25, -0.2) is 4.98 Å². The number of rotatable bonds is 5. The monoisotopic (exact) mass is 683 g/mol. The van der Waals surface area contributed by atoms with Crippen molar-refractivity contribution in [2.45, 2.75) is 0 Å². The van der Waals surface area contributed by atoms with Crippen LogP contribution in [-0.2, 0) is 0 Å². The Balaban J connectivity index is 1.26. The van der Waals surface area contributed by atoms with Gasteiger partial charge < -0.3 is 0 Å². The summed E-state index contributed by atoms with van der Waals surface area (Å²) in [6.45, 7) is 0. The van der Waals surface area contributed by atoms with Crippen LogP contribution in [0.15, 0.2) is 200 Å². The lowest BCUT2D eigenvalue weighted by molar-refractivity contribution is 1.35. The molecule has 1 aromatic heterocycles. The second kappa shape index (κ2) is 12.3. The number of hydrogen-bond acceptors (Lipinski definition) is 1. The molecule has 0 N–H and O–H groups in total. The Morgan fingerprint density at radius 1 is 0.222 bits per heavy atom. The van der Waals surface area contributed by atoms with Gasteiger partial charge in [-0.15, -0.1) is 0 Å². The van der Waals surface area contributed by atoms with Crippen molar-refractivity contribution in [3.8, 4) is 78.1 Å². The lowest BCUT2D eigenvalue weighted by Gasteiger charge is -2.20. The summed E-state index contributed by atoms with van der Waals surface area (Å²) < 4.78 is 0. The van der Waals surface area contributed by atoms with Gasteiger partial charge in [0.05, 0.1) is 11.4 Å². The van der Waals surface area contributed by atoms with Crippen LogP contribution in [0.5, 0.6) is 0 Å². The molecular formula is C53H33N. The Morgan fingerprint density at radius 3 is 1.15 bits per heavy atom. The van der Waals surface area contributed by atoms with Crippen molar-refractivity contribution in [2.24, 2.45) is 0 Å². The zero-order chi connectivity index (χ0) is 35.6. The Kier molecular flexibility index (Phi) is 6.93. The highest BCUT2D eigenvalue weighted by Gasteiger charge is 2.31. The Bertz CT molecular complexity index is 2960. The SMILES string of the molecule is c1ccc(-c2nc(-c3ccc4c5c(cccc35)-c3c-4c(-c4ccccc4)c4ccccc4c3-c3ccccc3)c3ccccc3c2-c2ccccc2)cc1. The van der Waals surface area contributed by atoms with Crippen molar-refractivity contribution in [1.29, 1.82) is 0 Å². The van der Waals surface area contributed by atoms with E-state index < -0.39 is 0 Å². The van der Waals surface area contributed by atoms with E-state index in [1.165, 1.54) is 71.4 Å². The molecule has 0 bridgehead atoms. The van der Waals surface area contributed by atoms with Crippen LogP contribution in [0.4, 0.5) is 0 Å². The second-order valence-corrected chi connectivity index (χ2v) is 14.1. The molecule has 1 heterocycles. The molecule has 11 rings (SSSR count). The van der Waals surface area contributed by atoms with Crippen molar-refractivity contribution in [3.05, 3.63) is 200 Å². The Labute approximate surface area is 314 Å². The summed E-state index contributed by atoms with van der Waals surface area (Å²) in [5.41, 5.74) is 16.7. The molecule has 10 aromatic rings. The van der Waals surface area contributed by atoms with Gasteiger partial charge in [-0.3, -0.25) is 0 Å². The first-order chi connectivity index (χ1) is 26.8. The topological polar surface area (TPSA) is 12.9 Å². The van der Waals surface area contributed by atoms with Crippen molar-refractivity contribution in [2.75, 3.05) is 0 Å². The van der Waals surface area contributed by atoms with Crippen LogP contribution in [0.2, 0.25) is 0 Å². The third kappa shape index (κ3) is 4.55. The molecule has 1 aliphatic rings. The maximum Gasteiger partial charge on any atom is 0.0794 e. The number of aromatic nitrogens is 1. The quantitative estimate of drug-likeness (QED) is 0.176. The Morgan fingerprint density at radius 2 is 0.611 bits per heavy atom. The standard InChI is InChI=1S/C53H33N/c1-5-18-34(19-6-1)46-38-26-13-14-27-39(38)47(35-20-7-2-8-21-35)51-45-33-32-43(41-30-17-31-44(49(41)45)50(46)51)53-42-29-16-15-28-40(42)48(36-22-9-3-10-23-36)52(54-53)37-24-11-4-12-25-37/h1-33H. The minimum atomic E-state index is 0.992. The van der Waals surface area contributed by atoms with E-state index in [0.717, 1.165) is 39.0 Å².